The molecule has 0 aliphatic carbocycles. The number of hydroxylamine groups is 1. The Balaban J connectivity index is 1.86. The van der Waals surface area contributed by atoms with Crippen LogP contribution in [0, 0.1) is 0 Å². The van der Waals surface area contributed by atoms with E-state index in [1.54, 1.807) is 0 Å². The summed E-state index contributed by atoms with van der Waals surface area (Å²) in [7, 11) is 0. The van der Waals surface area contributed by atoms with E-state index in [0.717, 1.165) is 16.5 Å². The minimum atomic E-state index is -0.828. The van der Waals surface area contributed by atoms with E-state index in [1.165, 1.54) is 11.5 Å². The second-order valence-corrected chi connectivity index (χ2v) is 5.13. The molecule has 0 bridgehead atoms. The summed E-state index contributed by atoms with van der Waals surface area (Å²) in [6, 6.07) is 9.31. The van der Waals surface area contributed by atoms with Crippen LogP contribution in [-0.2, 0) is 12.8 Å². The number of rotatable bonds is 5. The van der Waals surface area contributed by atoms with Crippen molar-refractivity contribution in [2.75, 3.05) is 0 Å². The second-order valence-electron chi connectivity index (χ2n) is 5.13. The van der Waals surface area contributed by atoms with Crippen molar-refractivity contribution < 1.29 is 19.2 Å². The first-order chi connectivity index (χ1) is 11.1. The summed E-state index contributed by atoms with van der Waals surface area (Å²) in [5.41, 5.74) is 9.39. The zero-order valence-electron chi connectivity index (χ0n) is 12.1. The number of benzene rings is 1. The number of nitrogens with one attached hydrogen (secondary N) is 2. The number of amides is 2. The van der Waals surface area contributed by atoms with Gasteiger partial charge in [0.25, 0.3) is 5.91 Å². The molecule has 3 rings (SSSR count). The lowest BCUT2D eigenvalue weighted by atomic mass is 10.0. The lowest BCUT2D eigenvalue weighted by molar-refractivity contribution is 0.0673. The van der Waals surface area contributed by atoms with Gasteiger partial charge in [-0.15, -0.1) is 0 Å². The lowest BCUT2D eigenvalue weighted by Gasteiger charge is -2.00. The topological polar surface area (TPSA) is 121 Å². The quantitative estimate of drug-likeness (QED) is 0.423. The van der Waals surface area contributed by atoms with Crippen LogP contribution in [0.1, 0.15) is 32.2 Å². The number of fused-ring (bicyclic) bond motifs is 1. The summed E-state index contributed by atoms with van der Waals surface area (Å²) in [5.74, 6) is -1.81. The SMILES string of the molecule is NC(=O)c1oc(C(=O)NO)cc1CCc1c[nH]c2ccccc12. The van der Waals surface area contributed by atoms with Crippen molar-refractivity contribution in [1.29, 1.82) is 0 Å². The van der Waals surface area contributed by atoms with Gasteiger partial charge in [-0.05, 0) is 30.5 Å². The molecule has 0 aliphatic rings. The van der Waals surface area contributed by atoms with Gasteiger partial charge in [-0.2, -0.15) is 0 Å². The fourth-order valence-electron chi connectivity index (χ4n) is 2.60. The van der Waals surface area contributed by atoms with E-state index in [1.807, 2.05) is 30.5 Å². The van der Waals surface area contributed by atoms with Gasteiger partial charge in [-0.1, -0.05) is 18.2 Å². The molecule has 5 N–H and O–H groups in total. The third-order valence-corrected chi connectivity index (χ3v) is 3.70. The van der Waals surface area contributed by atoms with Crippen molar-refractivity contribution in [3.05, 3.63) is 59.2 Å². The number of aromatic nitrogens is 1. The molecule has 7 nitrogen and oxygen atoms in total. The summed E-state index contributed by atoms with van der Waals surface area (Å²) in [6.45, 7) is 0. The Labute approximate surface area is 131 Å². The smallest absolute Gasteiger partial charge is 0.310 e. The molecule has 0 atom stereocenters. The number of carbonyl (C=O) groups excluding carboxylic acids is 2. The molecule has 118 valence electrons. The molecule has 23 heavy (non-hydrogen) atoms. The van der Waals surface area contributed by atoms with E-state index in [0.29, 0.717) is 18.4 Å². The molecule has 0 saturated carbocycles. The van der Waals surface area contributed by atoms with Crippen molar-refractivity contribution in [3.8, 4) is 0 Å². The van der Waals surface area contributed by atoms with E-state index in [2.05, 4.69) is 4.98 Å². The zero-order chi connectivity index (χ0) is 16.4. The number of H-pyrrole nitrogens is 1. The highest BCUT2D eigenvalue weighted by atomic mass is 16.5. The number of aromatic amines is 1. The highest BCUT2D eigenvalue weighted by Crippen LogP contribution is 2.22. The van der Waals surface area contributed by atoms with Crippen molar-refractivity contribution in [2.45, 2.75) is 12.8 Å². The molecule has 0 unspecified atom stereocenters. The van der Waals surface area contributed by atoms with E-state index >= 15 is 0 Å². The van der Waals surface area contributed by atoms with Gasteiger partial charge >= 0.3 is 5.91 Å². The molecule has 0 saturated heterocycles. The standard InChI is InChI=1S/C16H15N3O4/c17-15(20)14-9(7-13(23-14)16(21)19-22)5-6-10-8-18-12-4-2-1-3-11(10)12/h1-4,7-8,18,22H,5-6H2,(H2,17,20)(H,19,21). The fourth-order valence-corrected chi connectivity index (χ4v) is 2.60. The number of hydrogen-bond donors (Lipinski definition) is 4. The lowest BCUT2D eigenvalue weighted by Crippen LogP contribution is -2.17. The largest absolute Gasteiger partial charge is 0.445 e. The number of furan rings is 1. The first-order valence-corrected chi connectivity index (χ1v) is 7.02. The maximum atomic E-state index is 11.4. The molecule has 3 aromatic rings. The van der Waals surface area contributed by atoms with Gasteiger partial charge < -0.3 is 15.1 Å². The van der Waals surface area contributed by atoms with E-state index in [-0.39, 0.29) is 11.5 Å². The van der Waals surface area contributed by atoms with Crippen LogP contribution in [0.2, 0.25) is 0 Å². The molecular weight excluding hydrogens is 298 g/mol. The maximum absolute atomic E-state index is 11.4. The Morgan fingerprint density at radius 3 is 2.70 bits per heavy atom. The highest BCUT2D eigenvalue weighted by molar-refractivity contribution is 5.96. The third kappa shape index (κ3) is 2.82. The number of hydrogen-bond acceptors (Lipinski definition) is 4. The number of carbonyl (C=O) groups is 2. The van der Waals surface area contributed by atoms with Crippen molar-refractivity contribution >= 4 is 22.7 Å². The number of primary amides is 1. The van der Waals surface area contributed by atoms with Gasteiger partial charge in [0.05, 0.1) is 0 Å². The fraction of sp³-hybridized carbons (Fsp3) is 0.125. The monoisotopic (exact) mass is 313 g/mol. The average Bonchev–Trinajstić information content (AvgIpc) is 3.16. The first-order valence-electron chi connectivity index (χ1n) is 7.02. The Morgan fingerprint density at radius 1 is 1.22 bits per heavy atom. The maximum Gasteiger partial charge on any atom is 0.310 e. The summed E-state index contributed by atoms with van der Waals surface area (Å²) < 4.78 is 5.13. The Morgan fingerprint density at radius 2 is 1.96 bits per heavy atom. The van der Waals surface area contributed by atoms with Gasteiger partial charge in [0.15, 0.2) is 11.5 Å². The third-order valence-electron chi connectivity index (χ3n) is 3.70. The van der Waals surface area contributed by atoms with Crippen molar-refractivity contribution in [1.82, 2.24) is 10.5 Å². The summed E-state index contributed by atoms with van der Waals surface area (Å²) in [6.07, 6.45) is 3.03. The Hall–Kier alpha value is -3.06. The molecular formula is C16H15N3O4. The van der Waals surface area contributed by atoms with Crippen LogP contribution in [0.25, 0.3) is 10.9 Å². The minimum Gasteiger partial charge on any atom is -0.445 e. The van der Waals surface area contributed by atoms with E-state index in [4.69, 9.17) is 15.4 Å². The molecule has 0 aliphatic heterocycles. The Kier molecular flexibility index (Phi) is 3.86. The summed E-state index contributed by atoms with van der Waals surface area (Å²) >= 11 is 0. The predicted octanol–water partition coefficient (Wildman–Crippen LogP) is 1.76. The predicted molar refractivity (Wildman–Crippen MR) is 82.2 cm³/mol. The molecule has 7 heteroatoms. The summed E-state index contributed by atoms with van der Waals surface area (Å²) in [4.78, 5) is 26.0. The molecule has 0 spiro atoms. The highest BCUT2D eigenvalue weighted by Gasteiger charge is 2.20. The summed E-state index contributed by atoms with van der Waals surface area (Å²) in [5, 5.41) is 9.75. The van der Waals surface area contributed by atoms with Gasteiger partial charge in [-0.3, -0.25) is 14.8 Å². The van der Waals surface area contributed by atoms with E-state index < -0.39 is 11.8 Å². The van der Waals surface area contributed by atoms with Crippen LogP contribution < -0.4 is 11.2 Å². The number of aryl methyl sites for hydroxylation is 2. The van der Waals surface area contributed by atoms with Gasteiger partial charge in [0.1, 0.15) is 0 Å². The minimum absolute atomic E-state index is 0.0663. The molecule has 0 fully saturated rings. The van der Waals surface area contributed by atoms with Crippen LogP contribution in [0.4, 0.5) is 0 Å². The van der Waals surface area contributed by atoms with Crippen LogP contribution in [0.15, 0.2) is 40.9 Å². The van der Waals surface area contributed by atoms with Crippen LogP contribution >= 0.6 is 0 Å². The average molecular weight is 313 g/mol. The molecule has 2 aromatic heterocycles. The van der Waals surface area contributed by atoms with Crippen molar-refractivity contribution in [2.24, 2.45) is 5.73 Å². The van der Waals surface area contributed by atoms with Gasteiger partial charge in [0.2, 0.25) is 0 Å². The Bertz CT molecular complexity index is 878. The normalized spacial score (nSPS) is 10.8. The number of nitrogens with two attached hydrogens (primary N) is 1. The van der Waals surface area contributed by atoms with Crippen LogP contribution in [0.5, 0.6) is 0 Å². The molecule has 0 radical (unpaired) electrons. The van der Waals surface area contributed by atoms with Crippen LogP contribution in [0.3, 0.4) is 0 Å². The second kappa shape index (κ2) is 5.98. The molecule has 2 heterocycles. The molecule has 1 aromatic carbocycles. The van der Waals surface area contributed by atoms with Gasteiger partial charge in [0, 0.05) is 22.7 Å². The zero-order valence-corrected chi connectivity index (χ0v) is 12.1. The van der Waals surface area contributed by atoms with Crippen molar-refractivity contribution in [3.63, 3.8) is 0 Å². The first kappa shape index (κ1) is 14.9. The number of para-hydroxylation sites is 1. The van der Waals surface area contributed by atoms with E-state index in [9.17, 15) is 9.59 Å². The van der Waals surface area contributed by atoms with Gasteiger partial charge in [-0.25, -0.2) is 5.48 Å². The molecule has 2 amide bonds. The van der Waals surface area contributed by atoms with Crippen LogP contribution in [-0.4, -0.2) is 22.0 Å².